The fourth-order valence-corrected chi connectivity index (χ4v) is 2.61. The Morgan fingerprint density at radius 1 is 1.26 bits per heavy atom. The highest BCUT2D eigenvalue weighted by Gasteiger charge is 2.13. The quantitative estimate of drug-likeness (QED) is 0.788. The lowest BCUT2D eigenvalue weighted by atomic mass is 10.2. The van der Waals surface area contributed by atoms with Gasteiger partial charge < -0.3 is 10.6 Å². The van der Waals surface area contributed by atoms with Crippen molar-refractivity contribution in [2.75, 3.05) is 25.0 Å². The Kier molecular flexibility index (Phi) is 5.78. The molecule has 0 spiro atoms. The molecule has 0 unspecified atom stereocenters. The molecular weight excluding hydrogens is 262 g/mol. The molecule has 6 heteroatoms. The summed E-state index contributed by atoms with van der Waals surface area (Å²) in [6, 6.07) is 7.26. The fraction of sp³-hybridized carbons (Fsp3) is 0.538. The minimum Gasteiger partial charge on any atom is -0.369 e. The maximum atomic E-state index is 11.6. The molecule has 19 heavy (non-hydrogen) atoms. The summed E-state index contributed by atoms with van der Waals surface area (Å²) >= 11 is 0. The SMILES string of the molecule is CNS(=O)(=O)c1ccc(N(CCCN)C(C)C)cc1. The van der Waals surface area contributed by atoms with Crippen LogP contribution >= 0.6 is 0 Å². The van der Waals surface area contributed by atoms with Gasteiger partial charge in [-0.2, -0.15) is 0 Å². The van der Waals surface area contributed by atoms with Crippen LogP contribution in [0.15, 0.2) is 29.2 Å². The molecule has 3 N–H and O–H groups in total. The molecule has 0 heterocycles. The second-order valence-corrected chi connectivity index (χ2v) is 6.52. The molecule has 0 aliphatic rings. The van der Waals surface area contributed by atoms with Gasteiger partial charge in [0.1, 0.15) is 0 Å². The first kappa shape index (κ1) is 15.9. The first-order chi connectivity index (χ1) is 8.92. The number of nitrogens with two attached hydrogens (primary N) is 1. The van der Waals surface area contributed by atoms with E-state index in [0.29, 0.717) is 12.6 Å². The normalized spacial score (nSPS) is 11.8. The summed E-state index contributed by atoms with van der Waals surface area (Å²) in [6.45, 7) is 5.73. The summed E-state index contributed by atoms with van der Waals surface area (Å²) in [5.74, 6) is 0. The molecule has 0 aromatic heterocycles. The Hall–Kier alpha value is -1.11. The van der Waals surface area contributed by atoms with Gasteiger partial charge in [-0.1, -0.05) is 0 Å². The van der Waals surface area contributed by atoms with Gasteiger partial charge in [0.25, 0.3) is 0 Å². The van der Waals surface area contributed by atoms with Crippen LogP contribution in [0.4, 0.5) is 5.69 Å². The van der Waals surface area contributed by atoms with Crippen molar-refractivity contribution >= 4 is 15.7 Å². The van der Waals surface area contributed by atoms with Gasteiger partial charge in [-0.05, 0) is 58.1 Å². The van der Waals surface area contributed by atoms with Crippen LogP contribution in [0, 0.1) is 0 Å². The topological polar surface area (TPSA) is 75.4 Å². The van der Waals surface area contributed by atoms with Crippen LogP contribution < -0.4 is 15.4 Å². The van der Waals surface area contributed by atoms with Gasteiger partial charge in [-0.15, -0.1) is 0 Å². The van der Waals surface area contributed by atoms with Gasteiger partial charge in [-0.3, -0.25) is 0 Å². The molecule has 5 nitrogen and oxygen atoms in total. The van der Waals surface area contributed by atoms with Crippen LogP contribution in [0.1, 0.15) is 20.3 Å². The lowest BCUT2D eigenvalue weighted by Gasteiger charge is -2.29. The number of benzene rings is 1. The Bertz CT molecular complexity index is 483. The zero-order valence-corrected chi connectivity index (χ0v) is 12.6. The number of sulfonamides is 1. The molecule has 0 aliphatic heterocycles. The van der Waals surface area contributed by atoms with Crippen LogP contribution in [0.2, 0.25) is 0 Å². The Morgan fingerprint density at radius 2 is 1.84 bits per heavy atom. The third kappa shape index (κ3) is 4.19. The molecule has 0 amide bonds. The van der Waals surface area contributed by atoms with Crippen LogP contribution in [0.3, 0.4) is 0 Å². The van der Waals surface area contributed by atoms with Gasteiger partial charge in [0.05, 0.1) is 4.90 Å². The van der Waals surface area contributed by atoms with E-state index in [1.54, 1.807) is 12.1 Å². The Labute approximate surface area is 115 Å². The number of nitrogens with one attached hydrogen (secondary N) is 1. The molecule has 1 aromatic rings. The van der Waals surface area contributed by atoms with E-state index in [0.717, 1.165) is 18.7 Å². The number of hydrogen-bond donors (Lipinski definition) is 2. The van der Waals surface area contributed by atoms with Crippen molar-refractivity contribution in [2.24, 2.45) is 5.73 Å². The predicted molar refractivity (Wildman–Crippen MR) is 78.8 cm³/mol. The number of rotatable bonds is 7. The van der Waals surface area contributed by atoms with Crippen molar-refractivity contribution in [1.82, 2.24) is 4.72 Å². The van der Waals surface area contributed by atoms with Crippen molar-refractivity contribution in [3.8, 4) is 0 Å². The van der Waals surface area contributed by atoms with Crippen LogP contribution in [-0.2, 0) is 10.0 Å². The van der Waals surface area contributed by atoms with E-state index in [4.69, 9.17) is 5.73 Å². The van der Waals surface area contributed by atoms with Crippen LogP contribution in [-0.4, -0.2) is 34.6 Å². The summed E-state index contributed by atoms with van der Waals surface area (Å²) in [5, 5.41) is 0. The smallest absolute Gasteiger partial charge is 0.240 e. The Morgan fingerprint density at radius 3 is 2.26 bits per heavy atom. The molecule has 0 saturated heterocycles. The molecule has 0 aliphatic carbocycles. The molecule has 0 bridgehead atoms. The third-order valence-corrected chi connectivity index (χ3v) is 4.40. The van der Waals surface area contributed by atoms with Crippen molar-refractivity contribution in [2.45, 2.75) is 31.2 Å². The number of nitrogens with zero attached hydrogens (tertiary/aromatic N) is 1. The van der Waals surface area contributed by atoms with Crippen molar-refractivity contribution in [3.05, 3.63) is 24.3 Å². The van der Waals surface area contributed by atoms with E-state index in [2.05, 4.69) is 23.5 Å². The van der Waals surface area contributed by atoms with Crippen LogP contribution in [0.5, 0.6) is 0 Å². The summed E-state index contributed by atoms with van der Waals surface area (Å²) in [5.41, 5.74) is 6.55. The lowest BCUT2D eigenvalue weighted by Crippen LogP contribution is -2.32. The zero-order valence-electron chi connectivity index (χ0n) is 11.8. The third-order valence-electron chi connectivity index (χ3n) is 2.97. The van der Waals surface area contributed by atoms with E-state index < -0.39 is 10.0 Å². The summed E-state index contributed by atoms with van der Waals surface area (Å²) in [7, 11) is -1.96. The van der Waals surface area contributed by atoms with Gasteiger partial charge in [0.15, 0.2) is 0 Å². The lowest BCUT2D eigenvalue weighted by molar-refractivity contribution is 0.588. The number of hydrogen-bond acceptors (Lipinski definition) is 4. The second-order valence-electron chi connectivity index (χ2n) is 4.63. The largest absolute Gasteiger partial charge is 0.369 e. The summed E-state index contributed by atoms with van der Waals surface area (Å²) in [4.78, 5) is 2.49. The van der Waals surface area contributed by atoms with Gasteiger partial charge in [0.2, 0.25) is 10.0 Å². The molecule has 0 radical (unpaired) electrons. The van der Waals surface area contributed by atoms with E-state index in [1.165, 1.54) is 7.05 Å². The monoisotopic (exact) mass is 285 g/mol. The minimum atomic E-state index is -3.37. The average Bonchev–Trinajstić information content (AvgIpc) is 2.39. The van der Waals surface area contributed by atoms with Crippen LogP contribution in [0.25, 0.3) is 0 Å². The predicted octanol–water partition coefficient (Wildman–Crippen LogP) is 1.16. The maximum Gasteiger partial charge on any atom is 0.240 e. The van der Waals surface area contributed by atoms with E-state index in [1.807, 2.05) is 12.1 Å². The molecular formula is C13H23N3O2S. The van der Waals surface area contributed by atoms with Crippen molar-refractivity contribution in [1.29, 1.82) is 0 Å². The molecule has 1 aromatic carbocycles. The maximum absolute atomic E-state index is 11.6. The first-order valence-electron chi connectivity index (χ1n) is 6.42. The average molecular weight is 285 g/mol. The Balaban J connectivity index is 2.95. The molecule has 1 rings (SSSR count). The summed E-state index contributed by atoms with van der Waals surface area (Å²) in [6.07, 6.45) is 0.911. The highest BCUT2D eigenvalue weighted by Crippen LogP contribution is 2.20. The molecule has 108 valence electrons. The fourth-order valence-electron chi connectivity index (χ4n) is 1.88. The van der Waals surface area contributed by atoms with E-state index >= 15 is 0 Å². The number of anilines is 1. The van der Waals surface area contributed by atoms with Gasteiger partial charge >= 0.3 is 0 Å². The first-order valence-corrected chi connectivity index (χ1v) is 7.91. The highest BCUT2D eigenvalue weighted by molar-refractivity contribution is 7.89. The standard InChI is InChI=1S/C13H23N3O2S/c1-11(2)16(10-4-9-14)12-5-7-13(8-6-12)19(17,18)15-3/h5-8,11,15H,4,9-10,14H2,1-3H3. The zero-order chi connectivity index (χ0) is 14.5. The van der Waals surface area contributed by atoms with Gasteiger partial charge in [-0.25, -0.2) is 13.1 Å². The molecule has 0 atom stereocenters. The summed E-state index contributed by atoms with van der Waals surface area (Å²) < 4.78 is 25.6. The van der Waals surface area contributed by atoms with Crippen molar-refractivity contribution < 1.29 is 8.42 Å². The molecule has 0 fully saturated rings. The molecule has 0 saturated carbocycles. The van der Waals surface area contributed by atoms with E-state index in [-0.39, 0.29) is 4.90 Å². The van der Waals surface area contributed by atoms with Gasteiger partial charge in [0, 0.05) is 18.3 Å². The van der Waals surface area contributed by atoms with E-state index in [9.17, 15) is 8.42 Å². The highest BCUT2D eigenvalue weighted by atomic mass is 32.2. The second kappa shape index (κ2) is 6.88. The minimum absolute atomic E-state index is 0.279. The van der Waals surface area contributed by atoms with Crippen molar-refractivity contribution in [3.63, 3.8) is 0 Å².